The van der Waals surface area contributed by atoms with Gasteiger partial charge in [-0.2, -0.15) is 0 Å². The molecule has 0 spiro atoms. The van der Waals surface area contributed by atoms with Crippen LogP contribution < -0.4 is 15.1 Å². The Morgan fingerprint density at radius 1 is 1.13 bits per heavy atom. The number of hydrogen-bond donors (Lipinski definition) is 1. The van der Waals surface area contributed by atoms with Crippen molar-refractivity contribution in [2.45, 2.75) is 31.3 Å². The van der Waals surface area contributed by atoms with Gasteiger partial charge in [0, 0.05) is 49.2 Å². The predicted octanol–water partition coefficient (Wildman–Crippen LogP) is 2.88. The van der Waals surface area contributed by atoms with E-state index in [0.717, 1.165) is 36.3 Å². The van der Waals surface area contributed by atoms with Gasteiger partial charge in [-0.05, 0) is 55.2 Å². The van der Waals surface area contributed by atoms with Crippen LogP contribution in [0.25, 0.3) is 0 Å². The van der Waals surface area contributed by atoms with Gasteiger partial charge in [-0.1, -0.05) is 0 Å². The third-order valence-corrected chi connectivity index (χ3v) is 6.36. The first kappa shape index (κ1) is 18.8. The molecule has 30 heavy (non-hydrogen) atoms. The van der Waals surface area contributed by atoms with E-state index in [1.54, 1.807) is 18.2 Å². The van der Waals surface area contributed by atoms with E-state index in [4.69, 9.17) is 0 Å². The van der Waals surface area contributed by atoms with Crippen LogP contribution in [0.15, 0.2) is 42.5 Å². The molecule has 2 aromatic rings. The highest BCUT2D eigenvalue weighted by Gasteiger charge is 2.43. The average Bonchev–Trinajstić information content (AvgIpc) is 3.56. The van der Waals surface area contributed by atoms with Crippen molar-refractivity contribution in [1.82, 2.24) is 5.32 Å². The Balaban J connectivity index is 1.47. The molecule has 5 rings (SSSR count). The van der Waals surface area contributed by atoms with E-state index >= 15 is 0 Å². The molecule has 1 N–H and O–H groups in total. The summed E-state index contributed by atoms with van der Waals surface area (Å²) in [5.74, 6) is -0.541. The van der Waals surface area contributed by atoms with Gasteiger partial charge in [0.1, 0.15) is 5.82 Å². The Morgan fingerprint density at radius 2 is 1.90 bits per heavy atom. The van der Waals surface area contributed by atoms with Gasteiger partial charge >= 0.3 is 0 Å². The van der Waals surface area contributed by atoms with E-state index < -0.39 is 4.92 Å². The molecule has 1 amide bonds. The number of nitrogens with one attached hydrogen (secondary N) is 1. The molecular weight excluding hydrogens is 387 g/mol. The summed E-state index contributed by atoms with van der Waals surface area (Å²) in [6.45, 7) is 2.07. The van der Waals surface area contributed by atoms with Crippen LogP contribution in [0.5, 0.6) is 0 Å². The van der Waals surface area contributed by atoms with Gasteiger partial charge in [0.05, 0.1) is 16.9 Å². The van der Waals surface area contributed by atoms with Gasteiger partial charge in [-0.3, -0.25) is 14.9 Å². The number of piperazine rings is 1. The maximum Gasteiger partial charge on any atom is 0.269 e. The molecule has 0 unspecified atom stereocenters. The van der Waals surface area contributed by atoms with Crippen LogP contribution in [0.3, 0.4) is 0 Å². The van der Waals surface area contributed by atoms with Crippen LogP contribution in [0, 0.1) is 21.8 Å². The first-order chi connectivity index (χ1) is 14.5. The zero-order chi connectivity index (χ0) is 20.8. The molecule has 0 aromatic heterocycles. The van der Waals surface area contributed by atoms with E-state index in [1.165, 1.54) is 18.2 Å². The van der Waals surface area contributed by atoms with E-state index in [0.29, 0.717) is 19.5 Å². The number of carbonyl (C=O) groups excluding carboxylic acids is 1. The molecule has 2 aliphatic heterocycles. The first-order valence-electron chi connectivity index (χ1n) is 10.3. The SMILES string of the molecule is O=C(NC1CC1)[C@H]1Cc2cc([N+](=O)[O-])ccc2N2CCN(c3ccc(F)cc3)C[C@H]12. The molecule has 0 bridgehead atoms. The van der Waals surface area contributed by atoms with Gasteiger partial charge in [-0.25, -0.2) is 4.39 Å². The molecule has 1 aliphatic carbocycles. The van der Waals surface area contributed by atoms with Crippen molar-refractivity contribution >= 4 is 23.0 Å². The first-order valence-corrected chi connectivity index (χ1v) is 10.3. The molecule has 8 heteroatoms. The van der Waals surface area contributed by atoms with Crippen LogP contribution in [0.1, 0.15) is 18.4 Å². The maximum atomic E-state index is 13.3. The molecule has 2 heterocycles. The third kappa shape index (κ3) is 3.46. The number of amides is 1. The molecule has 7 nitrogen and oxygen atoms in total. The number of halogens is 1. The Morgan fingerprint density at radius 3 is 2.60 bits per heavy atom. The van der Waals surface area contributed by atoms with Crippen LogP contribution in [-0.2, 0) is 11.2 Å². The summed E-state index contributed by atoms with van der Waals surface area (Å²) in [5, 5.41) is 14.4. The summed E-state index contributed by atoms with van der Waals surface area (Å²) in [7, 11) is 0. The van der Waals surface area contributed by atoms with Gasteiger partial charge in [0.15, 0.2) is 0 Å². The number of nitro benzene ring substituents is 1. The summed E-state index contributed by atoms with van der Waals surface area (Å²) < 4.78 is 13.3. The molecule has 2 atom stereocenters. The van der Waals surface area contributed by atoms with E-state index in [9.17, 15) is 19.3 Å². The van der Waals surface area contributed by atoms with Gasteiger partial charge < -0.3 is 15.1 Å². The maximum absolute atomic E-state index is 13.3. The van der Waals surface area contributed by atoms with E-state index in [2.05, 4.69) is 15.1 Å². The van der Waals surface area contributed by atoms with Crippen molar-refractivity contribution in [3.05, 3.63) is 64.0 Å². The Hall–Kier alpha value is -3.16. The second-order valence-corrected chi connectivity index (χ2v) is 8.35. The molecule has 1 saturated heterocycles. The lowest BCUT2D eigenvalue weighted by Gasteiger charge is -2.49. The van der Waals surface area contributed by atoms with Crippen molar-refractivity contribution < 1.29 is 14.1 Å². The molecule has 3 aliphatic rings. The number of fused-ring (bicyclic) bond motifs is 3. The van der Waals surface area contributed by atoms with Crippen LogP contribution in [0.4, 0.5) is 21.5 Å². The number of benzene rings is 2. The molecule has 0 radical (unpaired) electrons. The minimum Gasteiger partial charge on any atom is -0.368 e. The topological polar surface area (TPSA) is 78.7 Å². The highest BCUT2D eigenvalue weighted by molar-refractivity contribution is 5.83. The molecule has 156 valence electrons. The minimum absolute atomic E-state index is 0.0191. The zero-order valence-electron chi connectivity index (χ0n) is 16.5. The highest BCUT2D eigenvalue weighted by Crippen LogP contribution is 2.39. The summed E-state index contributed by atoms with van der Waals surface area (Å²) in [4.78, 5) is 28.3. The number of carbonyl (C=O) groups is 1. The van der Waals surface area contributed by atoms with Crippen molar-refractivity contribution in [1.29, 1.82) is 0 Å². The fourth-order valence-corrected chi connectivity index (χ4v) is 4.65. The Kier molecular flexibility index (Phi) is 4.56. The third-order valence-electron chi connectivity index (χ3n) is 6.36. The van der Waals surface area contributed by atoms with E-state index in [-0.39, 0.29) is 35.4 Å². The van der Waals surface area contributed by atoms with Crippen molar-refractivity contribution in [3.8, 4) is 0 Å². The van der Waals surface area contributed by atoms with Crippen LogP contribution in [0.2, 0.25) is 0 Å². The lowest BCUT2D eigenvalue weighted by molar-refractivity contribution is -0.384. The predicted molar refractivity (Wildman–Crippen MR) is 111 cm³/mol. The Bertz CT molecular complexity index is 992. The van der Waals surface area contributed by atoms with Gasteiger partial charge in [0.25, 0.3) is 5.69 Å². The number of anilines is 2. The van der Waals surface area contributed by atoms with Gasteiger partial charge in [-0.15, -0.1) is 0 Å². The smallest absolute Gasteiger partial charge is 0.269 e. The number of non-ortho nitro benzene ring substituents is 1. The molecule has 2 aromatic carbocycles. The van der Waals surface area contributed by atoms with Gasteiger partial charge in [0.2, 0.25) is 5.91 Å². The van der Waals surface area contributed by atoms with Crippen molar-refractivity contribution in [2.24, 2.45) is 5.92 Å². The Labute approximate surface area is 173 Å². The largest absolute Gasteiger partial charge is 0.368 e. The number of hydrogen-bond acceptors (Lipinski definition) is 5. The monoisotopic (exact) mass is 410 g/mol. The van der Waals surface area contributed by atoms with Crippen LogP contribution in [-0.4, -0.2) is 42.5 Å². The lowest BCUT2D eigenvalue weighted by Crippen LogP contribution is -2.61. The molecule has 2 fully saturated rings. The highest BCUT2D eigenvalue weighted by atomic mass is 19.1. The minimum atomic E-state index is -0.391. The van der Waals surface area contributed by atoms with Crippen molar-refractivity contribution in [3.63, 3.8) is 0 Å². The lowest BCUT2D eigenvalue weighted by atomic mass is 9.83. The number of nitrogens with zero attached hydrogens (tertiary/aromatic N) is 3. The standard InChI is InChI=1S/C22H23FN4O3/c23-15-1-5-17(6-2-15)25-9-10-26-20-8-7-18(27(29)30)11-14(20)12-19(21(26)13-25)22(28)24-16-3-4-16/h1-2,5-8,11,16,19,21H,3-4,9-10,12-13H2,(H,24,28)/t19-,21+/m0/s1. The fourth-order valence-electron chi connectivity index (χ4n) is 4.65. The summed E-state index contributed by atoms with van der Waals surface area (Å²) in [6.07, 6.45) is 2.50. The second kappa shape index (κ2) is 7.27. The average molecular weight is 410 g/mol. The molecule has 1 saturated carbocycles. The number of nitro groups is 1. The molecular formula is C22H23FN4O3. The second-order valence-electron chi connectivity index (χ2n) is 8.35. The zero-order valence-corrected chi connectivity index (χ0v) is 16.5. The quantitative estimate of drug-likeness (QED) is 0.619. The number of rotatable bonds is 4. The fraction of sp³-hybridized carbons (Fsp3) is 0.409. The summed E-state index contributed by atoms with van der Waals surface area (Å²) in [5.41, 5.74) is 2.82. The van der Waals surface area contributed by atoms with Crippen molar-refractivity contribution in [2.75, 3.05) is 29.4 Å². The summed E-state index contributed by atoms with van der Waals surface area (Å²) in [6, 6.07) is 11.6. The summed E-state index contributed by atoms with van der Waals surface area (Å²) >= 11 is 0. The normalized spacial score (nSPS) is 22.8. The van der Waals surface area contributed by atoms with E-state index in [1.807, 2.05) is 6.07 Å². The van der Waals surface area contributed by atoms with Crippen LogP contribution >= 0.6 is 0 Å².